The molecule has 2 amide bonds. The number of carbonyl (C=O) groups excluding carboxylic acids is 2. The summed E-state index contributed by atoms with van der Waals surface area (Å²) < 4.78 is 5.99. The zero-order chi connectivity index (χ0) is 30.2. The van der Waals surface area contributed by atoms with Crippen molar-refractivity contribution >= 4 is 35.2 Å². The maximum atomic E-state index is 14.3. The molecular weight excluding hydrogens is 578 g/mol. The standard InChI is InChI=1S/C35H36ClN3O3S/c1-37(2)21-22-38(23-26-9-5-3-6-10-26)34(41)32-25-43-35(39(32)33(40)28-13-17-30(36)18-14-28)29-15-19-31(20-16-29)42-24-27-11-7-4-8-12-27/h3-20,32,35H,21-25H2,1-2H3. The molecule has 1 aliphatic rings. The van der Waals surface area contributed by atoms with Crippen LogP contribution >= 0.6 is 23.4 Å². The molecule has 5 rings (SSSR count). The van der Waals surface area contributed by atoms with Gasteiger partial charge in [-0.3, -0.25) is 9.59 Å². The first-order valence-electron chi connectivity index (χ1n) is 14.3. The number of rotatable bonds is 11. The SMILES string of the molecule is CN(C)CCN(Cc1ccccc1)C(=O)C1CSC(c2ccc(OCc3ccccc3)cc2)N1C(=O)c1ccc(Cl)cc1. The van der Waals surface area contributed by atoms with Crippen molar-refractivity contribution in [1.29, 1.82) is 0 Å². The quantitative estimate of drug-likeness (QED) is 0.187. The molecule has 0 N–H and O–H groups in total. The van der Waals surface area contributed by atoms with Crippen LogP contribution in [0.3, 0.4) is 0 Å². The normalized spacial score (nSPS) is 16.3. The summed E-state index contributed by atoms with van der Waals surface area (Å²) in [5.74, 6) is 1.01. The van der Waals surface area contributed by atoms with Crippen LogP contribution in [0.5, 0.6) is 5.75 Å². The fourth-order valence-electron chi connectivity index (χ4n) is 5.02. The molecule has 0 aromatic heterocycles. The lowest BCUT2D eigenvalue weighted by atomic mass is 10.1. The molecular formula is C35H36ClN3O3S. The first-order valence-corrected chi connectivity index (χ1v) is 15.8. The van der Waals surface area contributed by atoms with Crippen LogP contribution < -0.4 is 4.74 Å². The van der Waals surface area contributed by atoms with Gasteiger partial charge in [0.2, 0.25) is 5.91 Å². The molecule has 1 heterocycles. The molecule has 6 nitrogen and oxygen atoms in total. The molecule has 43 heavy (non-hydrogen) atoms. The number of hydrogen-bond acceptors (Lipinski definition) is 5. The van der Waals surface area contributed by atoms with E-state index in [2.05, 4.69) is 4.90 Å². The van der Waals surface area contributed by atoms with Crippen molar-refractivity contribution in [3.63, 3.8) is 0 Å². The maximum absolute atomic E-state index is 14.3. The second-order valence-electron chi connectivity index (χ2n) is 10.8. The third-order valence-corrected chi connectivity index (χ3v) is 8.94. The second-order valence-corrected chi connectivity index (χ2v) is 12.4. The highest BCUT2D eigenvalue weighted by Gasteiger charge is 2.44. The number of amides is 2. The molecule has 4 aromatic rings. The number of benzene rings is 4. The second kappa shape index (κ2) is 14.6. The van der Waals surface area contributed by atoms with Crippen LogP contribution in [0.25, 0.3) is 0 Å². The highest BCUT2D eigenvalue weighted by atomic mass is 35.5. The highest BCUT2D eigenvalue weighted by Crippen LogP contribution is 2.43. The molecule has 0 radical (unpaired) electrons. The van der Waals surface area contributed by atoms with Crippen LogP contribution in [0, 0.1) is 0 Å². The first kappa shape index (κ1) is 30.7. The summed E-state index contributed by atoms with van der Waals surface area (Å²) in [5, 5.41) is 0.230. The number of nitrogens with zero attached hydrogens (tertiary/aromatic N) is 3. The van der Waals surface area contributed by atoms with E-state index in [9.17, 15) is 9.59 Å². The van der Waals surface area contributed by atoms with Crippen molar-refractivity contribution in [3.8, 4) is 5.75 Å². The van der Waals surface area contributed by atoms with Crippen molar-refractivity contribution in [2.45, 2.75) is 24.6 Å². The van der Waals surface area contributed by atoms with Gasteiger partial charge in [-0.15, -0.1) is 11.8 Å². The molecule has 1 aliphatic heterocycles. The Morgan fingerprint density at radius 2 is 1.47 bits per heavy atom. The average molecular weight is 614 g/mol. The van der Waals surface area contributed by atoms with E-state index in [0.717, 1.165) is 29.0 Å². The van der Waals surface area contributed by atoms with Crippen LogP contribution in [0.15, 0.2) is 109 Å². The largest absolute Gasteiger partial charge is 0.489 e. The Balaban J connectivity index is 1.40. The van der Waals surface area contributed by atoms with Gasteiger partial charge in [0.05, 0.1) is 0 Å². The molecule has 2 atom stereocenters. The number of halogens is 1. The number of carbonyl (C=O) groups is 2. The van der Waals surface area contributed by atoms with E-state index in [0.29, 0.717) is 36.0 Å². The summed E-state index contributed by atoms with van der Waals surface area (Å²) in [7, 11) is 3.99. The van der Waals surface area contributed by atoms with Gasteiger partial charge < -0.3 is 19.4 Å². The minimum absolute atomic E-state index is 0.0502. The van der Waals surface area contributed by atoms with Crippen molar-refractivity contribution < 1.29 is 14.3 Å². The van der Waals surface area contributed by atoms with E-state index < -0.39 is 6.04 Å². The molecule has 222 valence electrons. The van der Waals surface area contributed by atoms with Gasteiger partial charge in [-0.05, 0) is 67.2 Å². The van der Waals surface area contributed by atoms with Crippen LogP contribution in [0.4, 0.5) is 0 Å². The molecule has 1 fully saturated rings. The Hall–Kier alpha value is -3.78. The maximum Gasteiger partial charge on any atom is 0.255 e. The fourth-order valence-corrected chi connectivity index (χ4v) is 6.56. The van der Waals surface area contributed by atoms with Crippen LogP contribution in [0.2, 0.25) is 5.02 Å². The van der Waals surface area contributed by atoms with Crippen molar-refractivity contribution in [2.24, 2.45) is 0 Å². The average Bonchev–Trinajstić information content (AvgIpc) is 3.48. The van der Waals surface area contributed by atoms with Gasteiger partial charge in [-0.1, -0.05) is 84.4 Å². The zero-order valence-corrected chi connectivity index (χ0v) is 26.0. The van der Waals surface area contributed by atoms with Crippen LogP contribution in [0.1, 0.15) is 32.4 Å². The van der Waals surface area contributed by atoms with E-state index in [1.807, 2.05) is 104 Å². The molecule has 0 saturated carbocycles. The van der Waals surface area contributed by atoms with Gasteiger partial charge in [0.1, 0.15) is 23.8 Å². The highest BCUT2D eigenvalue weighted by molar-refractivity contribution is 7.99. The number of ether oxygens (including phenoxy) is 1. The Bertz CT molecular complexity index is 1480. The van der Waals surface area contributed by atoms with Crippen molar-refractivity contribution in [3.05, 3.63) is 136 Å². The van der Waals surface area contributed by atoms with Gasteiger partial charge in [-0.25, -0.2) is 0 Å². The topological polar surface area (TPSA) is 53.1 Å². The number of hydrogen-bond donors (Lipinski definition) is 0. The fraction of sp³-hybridized carbons (Fsp3) is 0.257. The van der Waals surface area contributed by atoms with Crippen LogP contribution in [-0.4, -0.2) is 65.5 Å². The van der Waals surface area contributed by atoms with E-state index in [1.54, 1.807) is 40.9 Å². The smallest absolute Gasteiger partial charge is 0.255 e. The summed E-state index contributed by atoms with van der Waals surface area (Å²) in [6.45, 7) is 2.23. The van der Waals surface area contributed by atoms with Gasteiger partial charge in [-0.2, -0.15) is 0 Å². The molecule has 1 saturated heterocycles. The number of thioether (sulfide) groups is 1. The predicted molar refractivity (Wildman–Crippen MR) is 174 cm³/mol. The molecule has 0 spiro atoms. The number of likely N-dealkylation sites (N-methyl/N-ethyl adjacent to an activating group) is 1. The summed E-state index contributed by atoms with van der Waals surface area (Å²) in [5.41, 5.74) is 3.59. The third kappa shape index (κ3) is 7.99. The Labute approximate surface area is 263 Å². The predicted octanol–water partition coefficient (Wildman–Crippen LogP) is 6.77. The summed E-state index contributed by atoms with van der Waals surface area (Å²) in [6, 6.07) is 34.1. The minimum Gasteiger partial charge on any atom is -0.489 e. The molecule has 0 bridgehead atoms. The summed E-state index contributed by atoms with van der Waals surface area (Å²) in [6.07, 6.45) is 0. The molecule has 2 unspecified atom stereocenters. The Kier molecular flexibility index (Phi) is 10.4. The lowest BCUT2D eigenvalue weighted by Crippen LogP contribution is -2.50. The van der Waals surface area contributed by atoms with E-state index in [4.69, 9.17) is 16.3 Å². The Morgan fingerprint density at radius 1 is 0.837 bits per heavy atom. The van der Waals surface area contributed by atoms with Gasteiger partial charge in [0.25, 0.3) is 5.91 Å². The van der Waals surface area contributed by atoms with Gasteiger partial charge >= 0.3 is 0 Å². The molecule has 4 aromatic carbocycles. The molecule has 8 heteroatoms. The van der Waals surface area contributed by atoms with Gasteiger partial charge in [0, 0.05) is 36.0 Å². The Morgan fingerprint density at radius 3 is 2.09 bits per heavy atom. The van der Waals surface area contributed by atoms with Gasteiger partial charge in [0.15, 0.2) is 0 Å². The minimum atomic E-state index is -0.613. The summed E-state index contributed by atoms with van der Waals surface area (Å²) >= 11 is 7.74. The van der Waals surface area contributed by atoms with Crippen molar-refractivity contribution in [2.75, 3.05) is 32.9 Å². The lowest BCUT2D eigenvalue weighted by molar-refractivity contribution is -0.136. The van der Waals surface area contributed by atoms with E-state index >= 15 is 0 Å². The lowest BCUT2D eigenvalue weighted by Gasteiger charge is -2.33. The van der Waals surface area contributed by atoms with Crippen LogP contribution in [-0.2, 0) is 17.9 Å². The zero-order valence-electron chi connectivity index (χ0n) is 24.4. The van der Waals surface area contributed by atoms with E-state index in [-0.39, 0.29) is 17.2 Å². The van der Waals surface area contributed by atoms with E-state index in [1.165, 1.54) is 0 Å². The molecule has 0 aliphatic carbocycles. The summed E-state index contributed by atoms with van der Waals surface area (Å²) in [4.78, 5) is 34.1. The monoisotopic (exact) mass is 613 g/mol. The van der Waals surface area contributed by atoms with Crippen molar-refractivity contribution in [1.82, 2.24) is 14.7 Å². The third-order valence-electron chi connectivity index (χ3n) is 7.37. The first-order chi connectivity index (χ1) is 20.9.